The molecule has 0 unspecified atom stereocenters. The third-order valence-corrected chi connectivity index (χ3v) is 6.11. The first-order valence-electron chi connectivity index (χ1n) is 10.2. The van der Waals surface area contributed by atoms with Crippen molar-refractivity contribution < 1.29 is 22.6 Å². The molecule has 4 heterocycles. The van der Waals surface area contributed by atoms with Crippen LogP contribution in [0.5, 0.6) is 0 Å². The molecule has 4 rings (SSSR count). The summed E-state index contributed by atoms with van der Waals surface area (Å²) in [5.74, 6) is 0.400. The summed E-state index contributed by atoms with van der Waals surface area (Å²) in [7, 11) is 0. The lowest BCUT2D eigenvalue weighted by molar-refractivity contribution is -0.173. The van der Waals surface area contributed by atoms with Crippen LogP contribution in [0.3, 0.4) is 0 Å². The lowest BCUT2D eigenvalue weighted by Crippen LogP contribution is -2.39. The van der Waals surface area contributed by atoms with E-state index in [0.717, 1.165) is 4.68 Å². The Morgan fingerprint density at radius 3 is 2.63 bits per heavy atom. The predicted octanol–water partition coefficient (Wildman–Crippen LogP) is 3.22. The maximum absolute atomic E-state index is 13.6. The van der Waals surface area contributed by atoms with Crippen LogP contribution in [0, 0.1) is 6.92 Å². The number of anilines is 1. The third kappa shape index (κ3) is 4.01. The van der Waals surface area contributed by atoms with E-state index in [9.17, 15) is 18.0 Å². The number of amides is 1. The number of rotatable bonds is 4. The van der Waals surface area contributed by atoms with Crippen LogP contribution in [0.4, 0.5) is 19.0 Å². The average molecular weight is 426 g/mol. The van der Waals surface area contributed by atoms with Gasteiger partial charge in [-0.1, -0.05) is 17.2 Å². The number of hydrogen-bond acceptors (Lipinski definition) is 6. The Labute approximate surface area is 171 Å². The van der Waals surface area contributed by atoms with Gasteiger partial charge in [-0.05, 0) is 32.6 Å². The van der Waals surface area contributed by atoms with Gasteiger partial charge in [0.1, 0.15) is 17.2 Å². The van der Waals surface area contributed by atoms with E-state index < -0.39 is 12.2 Å². The molecular weight excluding hydrogens is 401 g/mol. The Morgan fingerprint density at radius 2 is 2.03 bits per heavy atom. The van der Waals surface area contributed by atoms with Gasteiger partial charge in [-0.15, -0.1) is 0 Å². The van der Waals surface area contributed by atoms with E-state index in [1.165, 1.54) is 0 Å². The topological polar surface area (TPSA) is 89.1 Å². The van der Waals surface area contributed by atoms with Crippen LogP contribution in [0.15, 0.2) is 10.7 Å². The highest BCUT2D eigenvalue weighted by Gasteiger charge is 2.46. The summed E-state index contributed by atoms with van der Waals surface area (Å²) in [5.41, 5.74) is 1.78. The van der Waals surface area contributed by atoms with Crippen molar-refractivity contribution in [3.63, 3.8) is 0 Å². The van der Waals surface area contributed by atoms with Crippen LogP contribution in [0.1, 0.15) is 61.6 Å². The van der Waals surface area contributed by atoms with Crippen LogP contribution in [-0.2, 0) is 11.2 Å². The smallest absolute Gasteiger partial charge is 0.367 e. The van der Waals surface area contributed by atoms with Crippen LogP contribution >= 0.6 is 0 Å². The maximum atomic E-state index is 13.6. The number of aromatic nitrogens is 4. The van der Waals surface area contributed by atoms with Gasteiger partial charge in [-0.3, -0.25) is 4.79 Å². The van der Waals surface area contributed by atoms with Crippen molar-refractivity contribution in [1.29, 1.82) is 0 Å². The van der Waals surface area contributed by atoms with Crippen LogP contribution in [0.2, 0.25) is 0 Å². The Balaban J connectivity index is 1.42. The standard InChI is InChI=1S/C19H25F3N6O2/c1-3-13-8-16(19(20,21)22)28-17(23-13)9-15(24-28)12-4-6-27(7-5-12)18(29)10-14-11(2)25-30-26-14/h9,12-13,16,23H,3-8,10H2,1-2H3/t13-,16-/m1/s1. The zero-order valence-corrected chi connectivity index (χ0v) is 16.9. The Kier molecular flexibility index (Phi) is 5.46. The van der Waals surface area contributed by atoms with Gasteiger partial charge in [0.05, 0.1) is 12.1 Å². The van der Waals surface area contributed by atoms with Crippen molar-refractivity contribution in [2.75, 3.05) is 18.4 Å². The fourth-order valence-corrected chi connectivity index (χ4v) is 4.23. The second-order valence-corrected chi connectivity index (χ2v) is 8.07. The molecule has 30 heavy (non-hydrogen) atoms. The molecule has 2 aliphatic heterocycles. The summed E-state index contributed by atoms with van der Waals surface area (Å²) in [6, 6.07) is -0.0799. The minimum atomic E-state index is -4.34. The molecule has 1 amide bonds. The number of halogens is 3. The highest BCUT2D eigenvalue weighted by Crippen LogP contribution is 2.41. The molecule has 0 saturated carbocycles. The minimum absolute atomic E-state index is 0.0165. The zero-order valence-electron chi connectivity index (χ0n) is 16.9. The van der Waals surface area contributed by atoms with E-state index >= 15 is 0 Å². The van der Waals surface area contributed by atoms with Crippen LogP contribution < -0.4 is 5.32 Å². The van der Waals surface area contributed by atoms with Gasteiger partial charge in [-0.25, -0.2) is 9.31 Å². The zero-order chi connectivity index (χ0) is 21.5. The van der Waals surface area contributed by atoms with Gasteiger partial charge in [0.15, 0.2) is 6.04 Å². The first-order chi connectivity index (χ1) is 14.3. The van der Waals surface area contributed by atoms with Crippen molar-refractivity contribution in [1.82, 2.24) is 25.0 Å². The Hall–Kier alpha value is -2.59. The van der Waals surface area contributed by atoms with Crippen molar-refractivity contribution in [3.05, 3.63) is 23.1 Å². The van der Waals surface area contributed by atoms with Gasteiger partial charge in [0, 0.05) is 31.1 Å². The fourth-order valence-electron chi connectivity index (χ4n) is 4.23. The molecule has 0 spiro atoms. The lowest BCUT2D eigenvalue weighted by atomic mass is 9.93. The van der Waals surface area contributed by atoms with Crippen LogP contribution in [0.25, 0.3) is 0 Å². The predicted molar refractivity (Wildman–Crippen MR) is 101 cm³/mol. The molecule has 0 aliphatic carbocycles. The highest BCUT2D eigenvalue weighted by molar-refractivity contribution is 5.78. The number of hydrogen-bond donors (Lipinski definition) is 1. The molecule has 8 nitrogen and oxygen atoms in total. The highest BCUT2D eigenvalue weighted by atomic mass is 19.4. The van der Waals surface area contributed by atoms with E-state index in [2.05, 4.69) is 25.4 Å². The third-order valence-electron chi connectivity index (χ3n) is 6.11. The fraction of sp³-hybridized carbons (Fsp3) is 0.684. The molecule has 2 aliphatic rings. The van der Waals surface area contributed by atoms with Crippen molar-refractivity contribution in [2.45, 2.75) is 70.1 Å². The van der Waals surface area contributed by atoms with Crippen LogP contribution in [-0.4, -0.2) is 56.2 Å². The van der Waals surface area contributed by atoms with Crippen molar-refractivity contribution >= 4 is 11.7 Å². The number of piperidine rings is 1. The van der Waals surface area contributed by atoms with Gasteiger partial charge in [0.2, 0.25) is 5.91 Å². The number of nitrogens with zero attached hydrogens (tertiary/aromatic N) is 5. The van der Waals surface area contributed by atoms with Crippen molar-refractivity contribution in [2.24, 2.45) is 0 Å². The van der Waals surface area contributed by atoms with Gasteiger partial charge in [0.25, 0.3) is 0 Å². The summed E-state index contributed by atoms with van der Waals surface area (Å²) in [6.07, 6.45) is -2.28. The summed E-state index contributed by atoms with van der Waals surface area (Å²) in [4.78, 5) is 14.3. The molecule has 1 saturated heterocycles. The monoisotopic (exact) mass is 426 g/mol. The summed E-state index contributed by atoms with van der Waals surface area (Å²) < 4.78 is 46.4. The summed E-state index contributed by atoms with van der Waals surface area (Å²) in [5, 5.41) is 14.9. The normalized spacial score (nSPS) is 22.6. The van der Waals surface area contributed by atoms with Gasteiger partial charge in [-0.2, -0.15) is 18.3 Å². The quantitative estimate of drug-likeness (QED) is 0.808. The Bertz CT molecular complexity index is 900. The number of nitrogens with one attached hydrogen (secondary N) is 1. The number of likely N-dealkylation sites (tertiary alicyclic amines) is 1. The molecule has 0 bridgehead atoms. The summed E-state index contributed by atoms with van der Waals surface area (Å²) in [6.45, 7) is 4.67. The van der Waals surface area contributed by atoms with E-state index in [4.69, 9.17) is 0 Å². The molecule has 2 aromatic heterocycles. The first kappa shape index (κ1) is 20.7. The number of carbonyl (C=O) groups is 1. The second-order valence-electron chi connectivity index (χ2n) is 8.07. The molecule has 0 aromatic carbocycles. The largest absolute Gasteiger partial charge is 0.410 e. The lowest BCUT2D eigenvalue weighted by Gasteiger charge is -2.32. The molecule has 2 aromatic rings. The minimum Gasteiger partial charge on any atom is -0.367 e. The van der Waals surface area contributed by atoms with Gasteiger partial charge < -0.3 is 10.2 Å². The molecular formula is C19H25F3N6O2. The second kappa shape index (κ2) is 7.92. The van der Waals surface area contributed by atoms with Crippen molar-refractivity contribution in [3.8, 4) is 0 Å². The first-order valence-corrected chi connectivity index (χ1v) is 10.2. The van der Waals surface area contributed by atoms with E-state index in [-0.39, 0.29) is 30.7 Å². The number of alkyl halides is 3. The summed E-state index contributed by atoms with van der Waals surface area (Å²) >= 11 is 0. The van der Waals surface area contributed by atoms with Gasteiger partial charge >= 0.3 is 6.18 Å². The molecule has 11 heteroatoms. The molecule has 2 atom stereocenters. The van der Waals surface area contributed by atoms with E-state index in [1.54, 1.807) is 17.9 Å². The molecule has 0 radical (unpaired) electrons. The average Bonchev–Trinajstić information content (AvgIpc) is 3.32. The van der Waals surface area contributed by atoms with E-state index in [0.29, 0.717) is 55.3 Å². The molecule has 1 fully saturated rings. The molecule has 164 valence electrons. The number of fused-ring (bicyclic) bond motifs is 1. The van der Waals surface area contributed by atoms with E-state index in [1.807, 2.05) is 6.92 Å². The molecule has 1 N–H and O–H groups in total. The number of carbonyl (C=O) groups excluding carboxylic acids is 1. The maximum Gasteiger partial charge on any atom is 0.410 e. The Morgan fingerprint density at radius 1 is 1.30 bits per heavy atom. The SMILES string of the molecule is CC[C@@H]1C[C@H](C(F)(F)F)n2nc(C3CCN(C(=O)Cc4nonc4C)CC3)cc2N1. The number of aryl methyl sites for hydroxylation is 1.